The Hall–Kier alpha value is -2.21. The maximum absolute atomic E-state index is 15.0. The van der Waals surface area contributed by atoms with Crippen LogP contribution in [0.25, 0.3) is 0 Å². The van der Waals surface area contributed by atoms with Crippen molar-refractivity contribution in [3.63, 3.8) is 0 Å². The van der Waals surface area contributed by atoms with Gasteiger partial charge >= 0.3 is 0 Å². The van der Waals surface area contributed by atoms with Gasteiger partial charge in [0.2, 0.25) is 0 Å². The number of hydrogen-bond donors (Lipinski definition) is 1. The van der Waals surface area contributed by atoms with Gasteiger partial charge in [-0.25, -0.2) is 17.2 Å². The second-order valence-corrected chi connectivity index (χ2v) is 10.2. The minimum atomic E-state index is -3.87. The van der Waals surface area contributed by atoms with Crippen LogP contribution in [0.5, 0.6) is 5.75 Å². The number of nitriles is 1. The molecule has 158 valence electrons. The van der Waals surface area contributed by atoms with Crippen LogP contribution in [0.2, 0.25) is 5.02 Å². The number of hydrogen-bond acceptors (Lipinski definition) is 5. The second-order valence-electron chi connectivity index (χ2n) is 7.73. The van der Waals surface area contributed by atoms with E-state index in [9.17, 15) is 12.8 Å². The quantitative estimate of drug-likeness (QED) is 0.764. The molecule has 1 saturated heterocycles. The summed E-state index contributed by atoms with van der Waals surface area (Å²) in [7, 11) is -3.87. The number of rotatable bonds is 4. The molecule has 0 saturated carbocycles. The number of nitrogens with zero attached hydrogens (tertiary/aromatic N) is 1. The molecule has 5 nitrogen and oxygen atoms in total. The Morgan fingerprint density at radius 2 is 1.90 bits per heavy atom. The van der Waals surface area contributed by atoms with Gasteiger partial charge in [-0.05, 0) is 49.2 Å². The zero-order chi connectivity index (χ0) is 21.5. The average molecular weight is 453 g/mol. The highest BCUT2D eigenvalue weighted by atomic mass is 35.5. The van der Waals surface area contributed by atoms with Crippen molar-refractivity contribution in [3.8, 4) is 11.8 Å². The van der Waals surface area contributed by atoms with Crippen molar-refractivity contribution in [2.45, 2.75) is 41.7 Å². The minimum absolute atomic E-state index is 0.0224. The van der Waals surface area contributed by atoms with Gasteiger partial charge < -0.3 is 10.1 Å². The van der Waals surface area contributed by atoms with Gasteiger partial charge in [-0.1, -0.05) is 11.6 Å². The van der Waals surface area contributed by atoms with E-state index in [0.29, 0.717) is 11.4 Å². The number of ether oxygens (including phenoxy) is 1. The Balaban J connectivity index is 1.83. The predicted molar refractivity (Wildman–Crippen MR) is 107 cm³/mol. The molecule has 2 aromatic rings. The topological polar surface area (TPSA) is 79.2 Å². The molecule has 2 aliphatic heterocycles. The fourth-order valence-corrected chi connectivity index (χ4v) is 6.54. The Morgan fingerprint density at radius 1 is 1.20 bits per heavy atom. The molecule has 0 spiro atoms. The van der Waals surface area contributed by atoms with E-state index >= 15 is 4.39 Å². The Morgan fingerprint density at radius 3 is 2.60 bits per heavy atom. The summed E-state index contributed by atoms with van der Waals surface area (Å²) >= 11 is 5.87. The molecule has 0 radical (unpaired) electrons. The molecule has 2 aliphatic rings. The van der Waals surface area contributed by atoms with Crippen LogP contribution >= 0.6 is 11.6 Å². The summed E-state index contributed by atoms with van der Waals surface area (Å²) in [6, 6.07) is 9.07. The molecule has 9 heteroatoms. The van der Waals surface area contributed by atoms with Crippen molar-refractivity contribution >= 4 is 21.4 Å². The molecule has 1 fully saturated rings. The summed E-state index contributed by atoms with van der Waals surface area (Å²) in [6.07, 6.45) is 0.963. The first kappa shape index (κ1) is 21.0. The predicted octanol–water partition coefficient (Wildman–Crippen LogP) is 3.76. The summed E-state index contributed by atoms with van der Waals surface area (Å²) in [5, 5.41) is 12.7. The Bertz CT molecular complexity index is 1120. The second kappa shape index (κ2) is 7.80. The zero-order valence-electron chi connectivity index (χ0n) is 15.9. The van der Waals surface area contributed by atoms with Gasteiger partial charge in [0.25, 0.3) is 0 Å². The molecule has 4 rings (SSSR count). The third-order valence-electron chi connectivity index (χ3n) is 5.95. The average Bonchev–Trinajstić information content (AvgIpc) is 2.71. The highest BCUT2D eigenvalue weighted by Crippen LogP contribution is 2.48. The number of fused-ring (bicyclic) bond motifs is 3. The van der Waals surface area contributed by atoms with Gasteiger partial charge in [-0.2, -0.15) is 5.26 Å². The van der Waals surface area contributed by atoms with E-state index in [-0.39, 0.29) is 41.7 Å². The molecule has 0 aromatic heterocycles. The number of piperidine rings is 1. The normalized spacial score (nSPS) is 25.5. The van der Waals surface area contributed by atoms with Gasteiger partial charge in [0.15, 0.2) is 21.4 Å². The maximum Gasteiger partial charge on any atom is 0.179 e. The van der Waals surface area contributed by atoms with E-state index in [1.54, 1.807) is 0 Å². The van der Waals surface area contributed by atoms with Gasteiger partial charge in [0.05, 0.1) is 29.2 Å². The van der Waals surface area contributed by atoms with Crippen LogP contribution in [0.4, 0.5) is 8.78 Å². The van der Waals surface area contributed by atoms with Gasteiger partial charge in [0, 0.05) is 22.0 Å². The lowest BCUT2D eigenvalue weighted by molar-refractivity contribution is 0.107. The van der Waals surface area contributed by atoms with Crippen molar-refractivity contribution in [1.82, 2.24) is 5.32 Å². The Labute approximate surface area is 178 Å². The van der Waals surface area contributed by atoms with Crippen LogP contribution in [-0.4, -0.2) is 32.9 Å². The third kappa shape index (κ3) is 3.55. The standard InChI is InChI=1S/C21H19ClF2N2O3S/c22-13-1-3-15(4-2-13)30(27,28)12-21-9-7-14(8-10-25)26-18(21)11-29-20-17(24)6-5-16(23)19(20)21/h1-6,14,18,26H,7-9,11-12H2/t14?,18-,21?/m1/s1. The molecule has 0 bridgehead atoms. The van der Waals surface area contributed by atoms with Crippen molar-refractivity contribution < 1.29 is 21.9 Å². The first-order valence-electron chi connectivity index (χ1n) is 9.49. The molecule has 0 amide bonds. The number of benzene rings is 2. The van der Waals surface area contributed by atoms with Crippen LogP contribution in [0.3, 0.4) is 0 Å². The monoisotopic (exact) mass is 452 g/mol. The first-order chi connectivity index (χ1) is 14.3. The highest BCUT2D eigenvalue weighted by molar-refractivity contribution is 7.91. The first-order valence-corrected chi connectivity index (χ1v) is 11.5. The summed E-state index contributed by atoms with van der Waals surface area (Å²) in [5.74, 6) is -2.09. The summed E-state index contributed by atoms with van der Waals surface area (Å²) < 4.78 is 61.6. The molecule has 1 N–H and O–H groups in total. The number of nitrogens with one attached hydrogen (secondary N) is 1. The molecular weight excluding hydrogens is 434 g/mol. The molecular formula is C21H19ClF2N2O3S. The van der Waals surface area contributed by atoms with Gasteiger partial charge in [-0.3, -0.25) is 0 Å². The van der Waals surface area contributed by atoms with Crippen LogP contribution < -0.4 is 10.1 Å². The van der Waals surface area contributed by atoms with E-state index < -0.39 is 38.7 Å². The largest absolute Gasteiger partial charge is 0.488 e. The van der Waals surface area contributed by atoms with Crippen molar-refractivity contribution in [2.75, 3.05) is 12.4 Å². The number of sulfone groups is 1. The zero-order valence-corrected chi connectivity index (χ0v) is 17.4. The minimum Gasteiger partial charge on any atom is -0.488 e. The molecule has 30 heavy (non-hydrogen) atoms. The molecule has 2 aromatic carbocycles. The molecule has 2 heterocycles. The maximum atomic E-state index is 15.0. The van der Waals surface area contributed by atoms with Gasteiger partial charge in [0.1, 0.15) is 12.4 Å². The fourth-order valence-electron chi connectivity index (χ4n) is 4.53. The van der Waals surface area contributed by atoms with Crippen LogP contribution in [0.15, 0.2) is 41.3 Å². The Kier molecular flexibility index (Phi) is 5.47. The summed E-state index contributed by atoms with van der Waals surface area (Å²) in [6.45, 7) is -0.0224. The van der Waals surface area contributed by atoms with E-state index in [1.807, 2.05) is 0 Å². The summed E-state index contributed by atoms with van der Waals surface area (Å²) in [5.41, 5.74) is -1.29. The SMILES string of the molecule is N#CCC1CCC2(CS(=O)(=O)c3ccc(Cl)cc3)c3c(F)ccc(F)c3OC[C@H]2N1. The number of halogens is 3. The molecule has 3 atom stereocenters. The lowest BCUT2D eigenvalue weighted by atomic mass is 9.67. The van der Waals surface area contributed by atoms with E-state index in [0.717, 1.165) is 12.1 Å². The van der Waals surface area contributed by atoms with E-state index in [1.165, 1.54) is 24.3 Å². The highest BCUT2D eigenvalue weighted by Gasteiger charge is 2.53. The van der Waals surface area contributed by atoms with Crippen LogP contribution in [0, 0.1) is 23.0 Å². The van der Waals surface area contributed by atoms with E-state index in [2.05, 4.69) is 11.4 Å². The van der Waals surface area contributed by atoms with Crippen molar-refractivity contribution in [1.29, 1.82) is 5.26 Å². The van der Waals surface area contributed by atoms with Crippen molar-refractivity contribution in [3.05, 3.63) is 58.6 Å². The lowest BCUT2D eigenvalue weighted by Gasteiger charge is -2.50. The third-order valence-corrected chi connectivity index (χ3v) is 8.09. The lowest BCUT2D eigenvalue weighted by Crippen LogP contribution is -2.63. The fraction of sp³-hybridized carbons (Fsp3) is 0.381. The van der Waals surface area contributed by atoms with Crippen LogP contribution in [-0.2, 0) is 15.3 Å². The smallest absolute Gasteiger partial charge is 0.179 e. The molecule has 0 aliphatic carbocycles. The van der Waals surface area contributed by atoms with E-state index in [4.69, 9.17) is 21.6 Å². The van der Waals surface area contributed by atoms with Gasteiger partial charge in [-0.15, -0.1) is 0 Å². The van der Waals surface area contributed by atoms with Crippen molar-refractivity contribution in [2.24, 2.45) is 0 Å². The summed E-state index contributed by atoms with van der Waals surface area (Å²) in [4.78, 5) is 0.0593. The van der Waals surface area contributed by atoms with Crippen LogP contribution in [0.1, 0.15) is 24.8 Å². The molecule has 2 unspecified atom stereocenters.